The average molecular weight is 361 g/mol. The lowest BCUT2D eigenvalue weighted by Crippen LogP contribution is -2.27. The highest BCUT2D eigenvalue weighted by Crippen LogP contribution is 2.28. The number of nitrogens with zero attached hydrogens (tertiary/aromatic N) is 2. The van der Waals surface area contributed by atoms with Crippen LogP contribution in [0.3, 0.4) is 0 Å². The van der Waals surface area contributed by atoms with E-state index in [-0.39, 0.29) is 17.1 Å². The molecule has 26 heavy (non-hydrogen) atoms. The van der Waals surface area contributed by atoms with E-state index in [1.54, 1.807) is 6.21 Å². The summed E-state index contributed by atoms with van der Waals surface area (Å²) in [6.45, 7) is 4.07. The summed E-state index contributed by atoms with van der Waals surface area (Å²) in [6, 6.07) is 18.7. The second-order valence-electron chi connectivity index (χ2n) is 6.65. The van der Waals surface area contributed by atoms with Gasteiger partial charge in [0.05, 0.1) is 11.5 Å². The lowest BCUT2D eigenvalue weighted by Gasteiger charge is -2.07. The zero-order chi connectivity index (χ0) is 18.1. The molecule has 5 heteroatoms. The summed E-state index contributed by atoms with van der Waals surface area (Å²) in [5.41, 5.74) is 1.04. The van der Waals surface area contributed by atoms with Gasteiger partial charge in [0.2, 0.25) is 5.91 Å². The van der Waals surface area contributed by atoms with Gasteiger partial charge in [0.1, 0.15) is 0 Å². The van der Waals surface area contributed by atoms with Crippen LogP contribution in [0.2, 0.25) is 0 Å². The molecular weight excluding hydrogens is 342 g/mol. The second kappa shape index (κ2) is 6.92. The molecule has 1 heterocycles. The monoisotopic (exact) mass is 361 g/mol. The minimum absolute atomic E-state index is 0.00885. The lowest BCUT2D eigenvalue weighted by molar-refractivity contribution is -0.119. The number of carbonyl (C=O) groups is 1. The van der Waals surface area contributed by atoms with E-state index in [0.717, 1.165) is 16.3 Å². The summed E-state index contributed by atoms with van der Waals surface area (Å²) in [5, 5.41) is 16.4. The zero-order valence-corrected chi connectivity index (χ0v) is 15.5. The van der Waals surface area contributed by atoms with Gasteiger partial charge in [-0.15, -0.1) is 5.10 Å². The van der Waals surface area contributed by atoms with Gasteiger partial charge in [-0.25, -0.2) is 0 Å². The van der Waals surface area contributed by atoms with Crippen molar-refractivity contribution < 1.29 is 4.79 Å². The first kappa shape index (κ1) is 16.8. The van der Waals surface area contributed by atoms with Crippen LogP contribution in [-0.2, 0) is 4.79 Å². The molecule has 3 aromatic carbocycles. The number of carbonyl (C=O) groups excluding carboxylic acids is 1. The molecule has 0 saturated carbocycles. The Labute approximate surface area is 156 Å². The van der Waals surface area contributed by atoms with E-state index in [1.165, 1.54) is 22.5 Å². The standard InChI is InChI=1S/C21H19N3OS/c1-13(2)19-20(25)23-21(26-19)24-22-12-18-16-9-5-3-7-14(16)11-15-8-4-6-10-17(15)18/h3-13,19H,1-2H3,(H,23,24,25)/t19-/m1/s1. The third-order valence-electron chi connectivity index (χ3n) is 4.48. The average Bonchev–Trinajstić information content (AvgIpc) is 3.02. The summed E-state index contributed by atoms with van der Waals surface area (Å²) in [5.74, 6) is 0.272. The zero-order valence-electron chi connectivity index (χ0n) is 14.6. The Hall–Kier alpha value is -2.66. The third-order valence-corrected chi connectivity index (χ3v) is 5.90. The molecule has 1 atom stereocenters. The van der Waals surface area contributed by atoms with Crippen molar-refractivity contribution in [3.8, 4) is 0 Å². The van der Waals surface area contributed by atoms with E-state index in [1.807, 2.05) is 38.1 Å². The molecule has 0 radical (unpaired) electrons. The van der Waals surface area contributed by atoms with Gasteiger partial charge in [0, 0.05) is 5.56 Å². The van der Waals surface area contributed by atoms with Crippen LogP contribution in [0.4, 0.5) is 0 Å². The summed E-state index contributed by atoms with van der Waals surface area (Å²) < 4.78 is 0. The van der Waals surface area contributed by atoms with Crippen molar-refractivity contribution in [3.63, 3.8) is 0 Å². The lowest BCUT2D eigenvalue weighted by atomic mass is 9.97. The van der Waals surface area contributed by atoms with Crippen molar-refractivity contribution in [3.05, 3.63) is 60.2 Å². The maximum absolute atomic E-state index is 11.9. The molecule has 130 valence electrons. The topological polar surface area (TPSA) is 53.8 Å². The highest BCUT2D eigenvalue weighted by Gasteiger charge is 2.32. The molecule has 0 aromatic heterocycles. The summed E-state index contributed by atoms with van der Waals surface area (Å²) in [4.78, 5) is 11.9. The SMILES string of the molecule is CC(C)[C@H]1SC(=NN=Cc2c3ccccc3cc3ccccc23)NC1=O. The first-order chi connectivity index (χ1) is 12.6. The summed E-state index contributed by atoms with van der Waals surface area (Å²) >= 11 is 1.44. The fourth-order valence-corrected chi connectivity index (χ4v) is 4.13. The van der Waals surface area contributed by atoms with Crippen molar-refractivity contribution in [2.75, 3.05) is 0 Å². The molecule has 0 aliphatic carbocycles. The number of fused-ring (bicyclic) bond motifs is 2. The predicted molar refractivity (Wildman–Crippen MR) is 111 cm³/mol. The predicted octanol–water partition coefficient (Wildman–Crippen LogP) is 4.57. The van der Waals surface area contributed by atoms with E-state index in [9.17, 15) is 4.79 Å². The Bertz CT molecular complexity index is 1000. The highest BCUT2D eigenvalue weighted by atomic mass is 32.2. The first-order valence-corrected chi connectivity index (χ1v) is 9.50. The van der Waals surface area contributed by atoms with Crippen LogP contribution in [0.15, 0.2) is 64.8 Å². The van der Waals surface area contributed by atoms with Crippen LogP contribution in [-0.4, -0.2) is 22.5 Å². The van der Waals surface area contributed by atoms with Gasteiger partial charge in [0.25, 0.3) is 0 Å². The Kier molecular flexibility index (Phi) is 4.47. The van der Waals surface area contributed by atoms with Crippen LogP contribution < -0.4 is 5.32 Å². The molecular formula is C21H19N3OS. The fourth-order valence-electron chi connectivity index (χ4n) is 3.19. The quantitative estimate of drug-likeness (QED) is 0.422. The van der Waals surface area contributed by atoms with Crippen LogP contribution in [0.1, 0.15) is 19.4 Å². The minimum atomic E-state index is -0.0951. The molecule has 0 unspecified atom stereocenters. The van der Waals surface area contributed by atoms with Gasteiger partial charge < -0.3 is 5.32 Å². The Morgan fingerprint density at radius 2 is 1.65 bits per heavy atom. The number of hydrogen-bond acceptors (Lipinski definition) is 4. The van der Waals surface area contributed by atoms with Gasteiger partial charge in [0.15, 0.2) is 5.17 Å². The van der Waals surface area contributed by atoms with E-state index < -0.39 is 0 Å². The Balaban J connectivity index is 1.73. The third kappa shape index (κ3) is 3.10. The fraction of sp³-hybridized carbons (Fsp3) is 0.190. The number of amides is 1. The van der Waals surface area contributed by atoms with Gasteiger partial charge in [-0.3, -0.25) is 4.79 Å². The summed E-state index contributed by atoms with van der Waals surface area (Å²) in [6.07, 6.45) is 1.78. The summed E-state index contributed by atoms with van der Waals surface area (Å²) in [7, 11) is 0. The maximum atomic E-state index is 11.9. The second-order valence-corrected chi connectivity index (χ2v) is 7.78. The first-order valence-electron chi connectivity index (χ1n) is 8.62. The largest absolute Gasteiger partial charge is 0.303 e. The normalized spacial score (nSPS) is 19.3. The molecule has 4 nitrogen and oxygen atoms in total. The maximum Gasteiger partial charge on any atom is 0.239 e. The molecule has 1 fully saturated rings. The number of nitrogens with one attached hydrogen (secondary N) is 1. The van der Waals surface area contributed by atoms with Crippen molar-refractivity contribution in [2.24, 2.45) is 16.1 Å². The molecule has 1 N–H and O–H groups in total. The van der Waals surface area contributed by atoms with Crippen molar-refractivity contribution >= 4 is 50.6 Å². The van der Waals surface area contributed by atoms with E-state index in [4.69, 9.17) is 0 Å². The van der Waals surface area contributed by atoms with Crippen LogP contribution in [0, 0.1) is 5.92 Å². The number of amidine groups is 1. The molecule has 1 amide bonds. The molecule has 0 spiro atoms. The highest BCUT2D eigenvalue weighted by molar-refractivity contribution is 8.15. The Morgan fingerprint density at radius 3 is 2.23 bits per heavy atom. The van der Waals surface area contributed by atoms with E-state index in [2.05, 4.69) is 45.9 Å². The van der Waals surface area contributed by atoms with Crippen LogP contribution in [0.5, 0.6) is 0 Å². The van der Waals surface area contributed by atoms with Crippen molar-refractivity contribution in [1.29, 1.82) is 0 Å². The van der Waals surface area contributed by atoms with Crippen LogP contribution in [0.25, 0.3) is 21.5 Å². The molecule has 1 saturated heterocycles. The van der Waals surface area contributed by atoms with Gasteiger partial charge in [-0.1, -0.05) is 74.1 Å². The number of hydrogen-bond donors (Lipinski definition) is 1. The number of rotatable bonds is 3. The molecule has 1 aliphatic rings. The minimum Gasteiger partial charge on any atom is -0.303 e. The molecule has 3 aromatic rings. The van der Waals surface area contributed by atoms with Gasteiger partial charge in [-0.2, -0.15) is 5.10 Å². The number of thioether (sulfide) groups is 1. The van der Waals surface area contributed by atoms with Crippen LogP contribution >= 0.6 is 11.8 Å². The van der Waals surface area contributed by atoms with E-state index >= 15 is 0 Å². The van der Waals surface area contributed by atoms with Gasteiger partial charge in [-0.05, 0) is 33.5 Å². The molecule has 1 aliphatic heterocycles. The molecule has 4 rings (SSSR count). The number of benzene rings is 3. The van der Waals surface area contributed by atoms with Gasteiger partial charge >= 0.3 is 0 Å². The van der Waals surface area contributed by atoms with E-state index in [0.29, 0.717) is 5.17 Å². The molecule has 0 bridgehead atoms. The Morgan fingerprint density at radius 1 is 1.04 bits per heavy atom. The smallest absolute Gasteiger partial charge is 0.239 e. The van der Waals surface area contributed by atoms with Crippen molar-refractivity contribution in [1.82, 2.24) is 5.32 Å². The van der Waals surface area contributed by atoms with Crippen molar-refractivity contribution in [2.45, 2.75) is 19.1 Å².